The lowest BCUT2D eigenvalue weighted by Crippen LogP contribution is -2.05. The molecule has 2 rings (SSSR count). The number of anilines is 1. The Kier molecular flexibility index (Phi) is 3.19. The molecule has 0 saturated carbocycles. The molecule has 4 heteroatoms. The molecule has 2 aromatic rings. The summed E-state index contributed by atoms with van der Waals surface area (Å²) < 4.78 is 0. The zero-order valence-electron chi connectivity index (χ0n) is 9.62. The standard InChI is InChI=1S/C12H16N4/c1-3-9-11(10-6-5-7-14-10)15-8-16-12(9)13-4-2/h5-8,14H,3-4H2,1-2H3,(H,13,15,16). The van der Waals surface area contributed by atoms with Gasteiger partial charge in [0.1, 0.15) is 12.1 Å². The lowest BCUT2D eigenvalue weighted by atomic mass is 10.1. The molecule has 0 aliphatic carbocycles. The number of H-pyrrole nitrogens is 1. The normalized spacial score (nSPS) is 10.4. The van der Waals surface area contributed by atoms with Crippen LogP contribution < -0.4 is 5.32 Å². The number of hydrogen-bond donors (Lipinski definition) is 2. The Balaban J connectivity index is 2.49. The molecule has 0 aliphatic rings. The number of aromatic nitrogens is 3. The van der Waals surface area contributed by atoms with Crippen LogP contribution in [0.2, 0.25) is 0 Å². The topological polar surface area (TPSA) is 53.6 Å². The highest BCUT2D eigenvalue weighted by molar-refractivity contribution is 5.65. The van der Waals surface area contributed by atoms with E-state index in [0.717, 1.165) is 35.7 Å². The van der Waals surface area contributed by atoms with E-state index in [1.54, 1.807) is 6.33 Å². The maximum absolute atomic E-state index is 4.35. The number of aromatic amines is 1. The fourth-order valence-electron chi connectivity index (χ4n) is 1.78. The minimum absolute atomic E-state index is 0.869. The summed E-state index contributed by atoms with van der Waals surface area (Å²) in [6.07, 6.45) is 4.43. The molecule has 0 aliphatic heterocycles. The summed E-state index contributed by atoms with van der Waals surface area (Å²) >= 11 is 0. The molecular formula is C12H16N4. The molecule has 0 amide bonds. The number of nitrogens with zero attached hydrogens (tertiary/aromatic N) is 2. The maximum Gasteiger partial charge on any atom is 0.133 e. The molecule has 2 aromatic heterocycles. The quantitative estimate of drug-likeness (QED) is 0.825. The lowest BCUT2D eigenvalue weighted by Gasteiger charge is -2.11. The van der Waals surface area contributed by atoms with Crippen molar-refractivity contribution in [2.24, 2.45) is 0 Å². The van der Waals surface area contributed by atoms with Crippen LogP contribution in [0.1, 0.15) is 19.4 Å². The smallest absolute Gasteiger partial charge is 0.133 e. The van der Waals surface area contributed by atoms with E-state index in [9.17, 15) is 0 Å². The summed E-state index contributed by atoms with van der Waals surface area (Å²) in [5.41, 5.74) is 3.18. The average molecular weight is 216 g/mol. The van der Waals surface area contributed by atoms with Crippen LogP contribution in [0.15, 0.2) is 24.7 Å². The Labute approximate surface area is 95.1 Å². The Morgan fingerprint density at radius 1 is 1.31 bits per heavy atom. The minimum atomic E-state index is 0.869. The molecule has 0 unspecified atom stereocenters. The van der Waals surface area contributed by atoms with Gasteiger partial charge in [-0.3, -0.25) is 0 Å². The van der Waals surface area contributed by atoms with Crippen molar-refractivity contribution < 1.29 is 0 Å². The monoisotopic (exact) mass is 216 g/mol. The van der Waals surface area contributed by atoms with Gasteiger partial charge in [-0.15, -0.1) is 0 Å². The van der Waals surface area contributed by atoms with Crippen LogP contribution in [0.4, 0.5) is 5.82 Å². The van der Waals surface area contributed by atoms with Crippen LogP contribution in [-0.4, -0.2) is 21.5 Å². The SMILES string of the molecule is CCNc1ncnc(-c2ccc[nH]2)c1CC. The Morgan fingerprint density at radius 3 is 2.81 bits per heavy atom. The second kappa shape index (κ2) is 4.79. The first-order valence-corrected chi connectivity index (χ1v) is 5.58. The summed E-state index contributed by atoms with van der Waals surface area (Å²) in [5.74, 6) is 0.935. The van der Waals surface area contributed by atoms with E-state index in [-0.39, 0.29) is 0 Å². The summed E-state index contributed by atoms with van der Waals surface area (Å²) in [4.78, 5) is 11.8. The van der Waals surface area contributed by atoms with Gasteiger partial charge in [-0.05, 0) is 25.5 Å². The van der Waals surface area contributed by atoms with E-state index < -0.39 is 0 Å². The fraction of sp³-hybridized carbons (Fsp3) is 0.333. The average Bonchev–Trinajstić information content (AvgIpc) is 2.82. The highest BCUT2D eigenvalue weighted by atomic mass is 15.0. The first-order valence-electron chi connectivity index (χ1n) is 5.58. The summed E-state index contributed by atoms with van der Waals surface area (Å²) in [6.45, 7) is 5.05. The molecule has 16 heavy (non-hydrogen) atoms. The highest BCUT2D eigenvalue weighted by Gasteiger charge is 2.11. The molecule has 2 N–H and O–H groups in total. The Morgan fingerprint density at radius 2 is 2.19 bits per heavy atom. The molecule has 0 aromatic carbocycles. The van der Waals surface area contributed by atoms with Crippen LogP contribution >= 0.6 is 0 Å². The van der Waals surface area contributed by atoms with E-state index in [2.05, 4.69) is 34.1 Å². The van der Waals surface area contributed by atoms with E-state index in [4.69, 9.17) is 0 Å². The second-order valence-electron chi connectivity index (χ2n) is 3.52. The van der Waals surface area contributed by atoms with Crippen molar-refractivity contribution >= 4 is 5.82 Å². The van der Waals surface area contributed by atoms with Crippen molar-refractivity contribution in [2.45, 2.75) is 20.3 Å². The third-order valence-corrected chi connectivity index (χ3v) is 2.50. The Hall–Kier alpha value is -1.84. The molecule has 0 fully saturated rings. The van der Waals surface area contributed by atoms with Gasteiger partial charge in [-0.25, -0.2) is 9.97 Å². The largest absolute Gasteiger partial charge is 0.370 e. The van der Waals surface area contributed by atoms with Gasteiger partial charge < -0.3 is 10.3 Å². The zero-order valence-corrected chi connectivity index (χ0v) is 9.62. The third kappa shape index (κ3) is 1.91. The molecule has 2 heterocycles. The molecule has 0 bridgehead atoms. The maximum atomic E-state index is 4.35. The van der Waals surface area contributed by atoms with Crippen LogP contribution in [0, 0.1) is 0 Å². The van der Waals surface area contributed by atoms with Crippen molar-refractivity contribution in [3.8, 4) is 11.4 Å². The zero-order chi connectivity index (χ0) is 11.4. The summed E-state index contributed by atoms with van der Waals surface area (Å²) in [6, 6.07) is 4.00. The number of rotatable bonds is 4. The summed E-state index contributed by atoms with van der Waals surface area (Å²) in [5, 5.41) is 3.26. The van der Waals surface area contributed by atoms with Crippen molar-refractivity contribution in [1.29, 1.82) is 0 Å². The van der Waals surface area contributed by atoms with Crippen LogP contribution in [-0.2, 0) is 6.42 Å². The van der Waals surface area contributed by atoms with Crippen molar-refractivity contribution in [3.63, 3.8) is 0 Å². The third-order valence-electron chi connectivity index (χ3n) is 2.50. The molecule has 0 saturated heterocycles. The van der Waals surface area contributed by atoms with Gasteiger partial charge in [0.05, 0.1) is 11.4 Å². The van der Waals surface area contributed by atoms with Crippen LogP contribution in [0.3, 0.4) is 0 Å². The van der Waals surface area contributed by atoms with Gasteiger partial charge in [-0.2, -0.15) is 0 Å². The highest BCUT2D eigenvalue weighted by Crippen LogP contribution is 2.24. The van der Waals surface area contributed by atoms with Crippen molar-refractivity contribution in [2.75, 3.05) is 11.9 Å². The van der Waals surface area contributed by atoms with Gasteiger partial charge in [0.25, 0.3) is 0 Å². The second-order valence-corrected chi connectivity index (χ2v) is 3.52. The van der Waals surface area contributed by atoms with Crippen molar-refractivity contribution in [3.05, 3.63) is 30.2 Å². The van der Waals surface area contributed by atoms with Gasteiger partial charge in [0.15, 0.2) is 0 Å². The molecule has 84 valence electrons. The molecule has 0 radical (unpaired) electrons. The number of hydrogen-bond acceptors (Lipinski definition) is 3. The molecule has 0 spiro atoms. The predicted molar refractivity (Wildman–Crippen MR) is 65.4 cm³/mol. The van der Waals surface area contributed by atoms with Gasteiger partial charge in [0.2, 0.25) is 0 Å². The van der Waals surface area contributed by atoms with E-state index in [1.165, 1.54) is 0 Å². The summed E-state index contributed by atoms with van der Waals surface area (Å²) in [7, 11) is 0. The lowest BCUT2D eigenvalue weighted by molar-refractivity contribution is 1.02. The number of nitrogens with one attached hydrogen (secondary N) is 2. The first kappa shape index (κ1) is 10.7. The van der Waals surface area contributed by atoms with Gasteiger partial charge >= 0.3 is 0 Å². The van der Waals surface area contributed by atoms with Crippen LogP contribution in [0.25, 0.3) is 11.4 Å². The van der Waals surface area contributed by atoms with E-state index in [0.29, 0.717) is 0 Å². The first-order chi connectivity index (χ1) is 7.86. The van der Waals surface area contributed by atoms with E-state index in [1.807, 2.05) is 18.3 Å². The molecule has 4 nitrogen and oxygen atoms in total. The van der Waals surface area contributed by atoms with E-state index >= 15 is 0 Å². The van der Waals surface area contributed by atoms with Crippen LogP contribution in [0.5, 0.6) is 0 Å². The van der Waals surface area contributed by atoms with Gasteiger partial charge in [0, 0.05) is 18.3 Å². The molecular weight excluding hydrogens is 200 g/mol. The van der Waals surface area contributed by atoms with Gasteiger partial charge in [-0.1, -0.05) is 6.92 Å². The predicted octanol–water partition coefficient (Wildman–Crippen LogP) is 2.47. The minimum Gasteiger partial charge on any atom is -0.370 e. The van der Waals surface area contributed by atoms with Crippen molar-refractivity contribution in [1.82, 2.24) is 15.0 Å². The molecule has 0 atom stereocenters. The fourth-order valence-corrected chi connectivity index (χ4v) is 1.78. The Bertz CT molecular complexity index is 448.